The molecule has 0 radical (unpaired) electrons. The Balaban J connectivity index is 1.50. The number of aromatic nitrogens is 5. The summed E-state index contributed by atoms with van der Waals surface area (Å²) in [4.78, 5) is 21.2. The lowest BCUT2D eigenvalue weighted by Gasteiger charge is -2.24. The van der Waals surface area contributed by atoms with E-state index in [-0.39, 0.29) is 42.9 Å². The largest absolute Gasteiger partial charge is 0.394 e. The van der Waals surface area contributed by atoms with Gasteiger partial charge in [0.25, 0.3) is 0 Å². The fraction of sp³-hybridized carbons (Fsp3) is 0.565. The van der Waals surface area contributed by atoms with Gasteiger partial charge in [0.2, 0.25) is 0 Å². The maximum atomic E-state index is 13.8. The lowest BCUT2D eigenvalue weighted by atomic mass is 10.1. The molecule has 0 amide bonds. The van der Waals surface area contributed by atoms with E-state index in [1.54, 1.807) is 4.68 Å². The first kappa shape index (κ1) is 26.7. The van der Waals surface area contributed by atoms with Crippen molar-refractivity contribution in [3.63, 3.8) is 0 Å². The Kier molecular flexibility index (Phi) is 7.81. The van der Waals surface area contributed by atoms with Crippen molar-refractivity contribution in [2.24, 2.45) is 5.29 Å². The van der Waals surface area contributed by atoms with Crippen molar-refractivity contribution >= 4 is 28.7 Å². The minimum atomic E-state index is -1.38. The number of nitroso groups, excluding NO2 is 1. The molecule has 2 aliphatic rings. The molecule has 0 saturated heterocycles. The van der Waals surface area contributed by atoms with Crippen LogP contribution in [-0.2, 0) is 4.74 Å². The van der Waals surface area contributed by atoms with E-state index < -0.39 is 36.0 Å². The van der Waals surface area contributed by atoms with E-state index in [9.17, 15) is 23.9 Å². The van der Waals surface area contributed by atoms with Gasteiger partial charge in [0, 0.05) is 18.1 Å². The van der Waals surface area contributed by atoms with Crippen LogP contribution in [0.25, 0.3) is 11.2 Å². The van der Waals surface area contributed by atoms with Gasteiger partial charge in [-0.2, -0.15) is 0 Å². The van der Waals surface area contributed by atoms with Gasteiger partial charge in [-0.25, -0.2) is 28.4 Å². The Morgan fingerprint density at radius 1 is 1.21 bits per heavy atom. The molecule has 0 spiro atoms. The minimum absolute atomic E-state index is 0.0268. The van der Waals surface area contributed by atoms with Crippen molar-refractivity contribution in [1.82, 2.24) is 25.0 Å². The molecule has 3 N–H and O–H groups in total. The number of aliphatic hydroxyl groups excluding tert-OH is 3. The van der Waals surface area contributed by atoms with Gasteiger partial charge in [-0.3, -0.25) is 0 Å². The molecular weight excluding hydrogens is 524 g/mol. The van der Waals surface area contributed by atoms with Gasteiger partial charge in [0.05, 0.1) is 36.7 Å². The van der Waals surface area contributed by atoms with Gasteiger partial charge in [-0.05, 0) is 30.5 Å². The second-order valence-electron chi connectivity index (χ2n) is 9.31. The van der Waals surface area contributed by atoms with Crippen LogP contribution in [0.1, 0.15) is 43.7 Å². The second kappa shape index (κ2) is 11.1. The van der Waals surface area contributed by atoms with E-state index in [2.05, 4.69) is 25.6 Å². The van der Waals surface area contributed by atoms with Crippen LogP contribution in [0.4, 0.5) is 14.6 Å². The monoisotopic (exact) mass is 551 g/mol. The SMILES string of the molecule is CCCSc1nc(N(N=O)[C@@H]2C[C@H](OCCO)[C@@H](O)[C@H]2O)c2nnn([C@@H]3C[C@H]3c3ccc(F)c(F)c3)c2n1. The fourth-order valence-corrected chi connectivity index (χ4v) is 5.52. The number of rotatable bonds is 11. The Labute approximate surface area is 220 Å². The molecule has 0 aliphatic heterocycles. The standard InChI is InChI=1S/C23H27F2N7O5S/c1-2-7-38-23-26-21-18(28-29-31(21)15-9-12(15)11-3-4-13(24)14(25)8-11)22(27-23)32(30-36)16-10-17(37-6-5-33)20(35)19(16)34/h3-4,8,12,15-17,19-20,33-35H,2,5-7,9-10H2,1H3/t12-,15+,16+,17-,19-,20+/m0/s1. The maximum absolute atomic E-state index is 13.8. The number of aliphatic hydroxyl groups is 3. The molecule has 15 heteroatoms. The van der Waals surface area contributed by atoms with Crippen molar-refractivity contribution in [2.75, 3.05) is 24.0 Å². The van der Waals surface area contributed by atoms with Crippen LogP contribution < -0.4 is 5.01 Å². The number of anilines is 1. The Bertz CT molecular complexity index is 1320. The Hall–Kier alpha value is -2.85. The zero-order chi connectivity index (χ0) is 27.0. The third-order valence-corrected chi connectivity index (χ3v) is 7.86. The van der Waals surface area contributed by atoms with Crippen molar-refractivity contribution in [2.45, 2.75) is 67.7 Å². The van der Waals surface area contributed by atoms with Crippen molar-refractivity contribution in [1.29, 1.82) is 0 Å². The van der Waals surface area contributed by atoms with E-state index in [1.165, 1.54) is 23.9 Å². The molecule has 2 saturated carbocycles. The second-order valence-corrected chi connectivity index (χ2v) is 10.4. The van der Waals surface area contributed by atoms with E-state index >= 15 is 0 Å². The summed E-state index contributed by atoms with van der Waals surface area (Å²) < 4.78 is 34.2. The molecule has 0 bridgehead atoms. The summed E-state index contributed by atoms with van der Waals surface area (Å²) in [6.07, 6.45) is -2.02. The summed E-state index contributed by atoms with van der Waals surface area (Å²) in [6.45, 7) is 1.69. The molecule has 2 heterocycles. The molecule has 5 rings (SSSR count). The number of thioether (sulfide) groups is 1. The topological polar surface area (TPSA) is 159 Å². The molecule has 1 aromatic carbocycles. The van der Waals surface area contributed by atoms with E-state index in [0.717, 1.165) is 17.5 Å². The summed E-state index contributed by atoms with van der Waals surface area (Å²) >= 11 is 1.36. The van der Waals surface area contributed by atoms with Crippen molar-refractivity contribution in [3.8, 4) is 0 Å². The normalized spacial score (nSPS) is 26.7. The van der Waals surface area contributed by atoms with Crippen LogP contribution in [-0.4, -0.2) is 83.6 Å². The third-order valence-electron chi connectivity index (χ3n) is 6.80. The summed E-state index contributed by atoms with van der Waals surface area (Å²) in [5.41, 5.74) is 1.13. The first-order chi connectivity index (χ1) is 18.4. The number of nitrogens with zero attached hydrogens (tertiary/aromatic N) is 7. The number of hydrogen-bond acceptors (Lipinski definition) is 11. The lowest BCUT2D eigenvalue weighted by molar-refractivity contribution is -0.0616. The van der Waals surface area contributed by atoms with Gasteiger partial charge in [0.15, 0.2) is 33.8 Å². The third kappa shape index (κ3) is 4.96. The van der Waals surface area contributed by atoms with Crippen LogP contribution >= 0.6 is 11.8 Å². The molecule has 2 aromatic heterocycles. The van der Waals surface area contributed by atoms with E-state index in [0.29, 0.717) is 28.5 Å². The summed E-state index contributed by atoms with van der Waals surface area (Å²) in [5, 5.41) is 43.1. The highest BCUT2D eigenvalue weighted by Crippen LogP contribution is 2.52. The number of hydrogen-bond donors (Lipinski definition) is 3. The van der Waals surface area contributed by atoms with E-state index in [1.807, 2.05) is 6.92 Å². The molecule has 3 aromatic rings. The summed E-state index contributed by atoms with van der Waals surface area (Å²) in [7, 11) is 0. The van der Waals surface area contributed by atoms with Crippen molar-refractivity contribution < 1.29 is 28.8 Å². The highest BCUT2D eigenvalue weighted by Gasteiger charge is 2.48. The first-order valence-electron chi connectivity index (χ1n) is 12.3. The minimum Gasteiger partial charge on any atom is -0.394 e. The van der Waals surface area contributed by atoms with Crippen LogP contribution in [0.5, 0.6) is 0 Å². The maximum Gasteiger partial charge on any atom is 0.191 e. The molecule has 12 nitrogen and oxygen atoms in total. The zero-order valence-electron chi connectivity index (χ0n) is 20.4. The summed E-state index contributed by atoms with van der Waals surface area (Å²) in [6, 6.07) is 2.60. The van der Waals surface area contributed by atoms with Crippen molar-refractivity contribution in [3.05, 3.63) is 40.3 Å². The highest BCUT2D eigenvalue weighted by atomic mass is 32.2. The quantitative estimate of drug-likeness (QED) is 0.139. The van der Waals surface area contributed by atoms with Crippen LogP contribution in [0.15, 0.2) is 28.6 Å². The number of benzene rings is 1. The van der Waals surface area contributed by atoms with Crippen LogP contribution in [0.2, 0.25) is 0 Å². The Morgan fingerprint density at radius 3 is 2.74 bits per heavy atom. The predicted octanol–water partition coefficient (Wildman–Crippen LogP) is 2.09. The Morgan fingerprint density at radius 2 is 2.03 bits per heavy atom. The molecule has 38 heavy (non-hydrogen) atoms. The molecule has 6 atom stereocenters. The van der Waals surface area contributed by atoms with Gasteiger partial charge >= 0.3 is 0 Å². The zero-order valence-corrected chi connectivity index (χ0v) is 21.2. The molecule has 2 fully saturated rings. The van der Waals surface area contributed by atoms with E-state index in [4.69, 9.17) is 9.84 Å². The average Bonchev–Trinajstić information content (AvgIpc) is 3.51. The number of halogens is 2. The van der Waals surface area contributed by atoms with Gasteiger partial charge in [-0.1, -0.05) is 30.0 Å². The molecule has 0 unspecified atom stereocenters. The van der Waals surface area contributed by atoms with Gasteiger partial charge < -0.3 is 20.1 Å². The number of fused-ring (bicyclic) bond motifs is 1. The fourth-order valence-electron chi connectivity index (χ4n) is 4.83. The smallest absolute Gasteiger partial charge is 0.191 e. The van der Waals surface area contributed by atoms with Gasteiger partial charge in [0.1, 0.15) is 12.2 Å². The van der Waals surface area contributed by atoms with Crippen LogP contribution in [0, 0.1) is 16.5 Å². The van der Waals surface area contributed by atoms with Gasteiger partial charge in [-0.15, -0.1) is 10.0 Å². The molecular formula is C23H27F2N7O5S. The summed E-state index contributed by atoms with van der Waals surface area (Å²) in [5.74, 6) is -1.25. The highest BCUT2D eigenvalue weighted by molar-refractivity contribution is 7.99. The van der Waals surface area contributed by atoms with Crippen LogP contribution in [0.3, 0.4) is 0 Å². The lowest BCUT2D eigenvalue weighted by Crippen LogP contribution is -2.41. The molecule has 204 valence electrons. The predicted molar refractivity (Wildman–Crippen MR) is 132 cm³/mol. The average molecular weight is 552 g/mol. The molecule has 2 aliphatic carbocycles. The number of ether oxygens (including phenoxy) is 1. The first-order valence-corrected chi connectivity index (χ1v) is 13.3.